The van der Waals surface area contributed by atoms with Gasteiger partial charge in [-0.25, -0.2) is 0 Å². The Labute approximate surface area is 82.4 Å². The summed E-state index contributed by atoms with van der Waals surface area (Å²) in [6, 6.07) is 0. The number of hydrogen-bond acceptors (Lipinski definition) is 1. The van der Waals surface area contributed by atoms with Crippen LogP contribution in [0.15, 0.2) is 24.3 Å². The van der Waals surface area contributed by atoms with Gasteiger partial charge in [0.15, 0.2) is 0 Å². The molecule has 0 aromatic rings. The van der Waals surface area contributed by atoms with Crippen molar-refractivity contribution in [3.8, 4) is 0 Å². The molecule has 1 rings (SSSR count). The van der Waals surface area contributed by atoms with Crippen molar-refractivity contribution in [3.63, 3.8) is 0 Å². The first-order valence-electron chi connectivity index (χ1n) is 3.73. The maximum atomic E-state index is 11.5. The van der Waals surface area contributed by atoms with Crippen LogP contribution >= 0.6 is 28.3 Å². The minimum Gasteiger partial charge on any atom is -0.288 e. The quantitative estimate of drug-likeness (QED) is 0.611. The van der Waals surface area contributed by atoms with Gasteiger partial charge in [0.05, 0.1) is 5.16 Å². The van der Waals surface area contributed by atoms with Gasteiger partial charge in [0, 0.05) is 0 Å². The van der Waals surface area contributed by atoms with Crippen molar-refractivity contribution in [2.75, 3.05) is 0 Å². The van der Waals surface area contributed by atoms with E-state index >= 15 is 0 Å². The van der Waals surface area contributed by atoms with E-state index in [2.05, 4.69) is 0 Å². The highest BCUT2D eigenvalue weighted by Crippen LogP contribution is 2.70. The molecule has 4 heteroatoms. The van der Waals surface area contributed by atoms with E-state index in [1.54, 1.807) is 0 Å². The zero-order chi connectivity index (χ0) is 9.41. The zero-order valence-electron chi connectivity index (χ0n) is 7.00. The molecule has 0 saturated heterocycles. The van der Waals surface area contributed by atoms with Gasteiger partial charge in [-0.2, -0.15) is 0 Å². The van der Waals surface area contributed by atoms with Gasteiger partial charge in [0.2, 0.25) is 0 Å². The summed E-state index contributed by atoms with van der Waals surface area (Å²) in [6.07, 6.45) is 7.52. The second-order valence-electron chi connectivity index (χ2n) is 3.22. The van der Waals surface area contributed by atoms with E-state index in [1.165, 1.54) is 0 Å². The van der Waals surface area contributed by atoms with E-state index in [0.29, 0.717) is 0 Å². The van der Waals surface area contributed by atoms with Crippen LogP contribution in [0.5, 0.6) is 0 Å². The molecule has 1 aliphatic rings. The van der Waals surface area contributed by atoms with Crippen LogP contribution in [0.4, 0.5) is 0 Å². The molecule has 1 nitrogen and oxygen atoms in total. The second kappa shape index (κ2) is 3.21. The zero-order valence-corrected chi connectivity index (χ0v) is 9.40. The summed E-state index contributed by atoms with van der Waals surface area (Å²) in [4.78, 5) is 0. The second-order valence-corrected chi connectivity index (χ2v) is 8.48. The largest absolute Gasteiger partial charge is 0.288 e. The van der Waals surface area contributed by atoms with E-state index in [9.17, 15) is 4.57 Å². The Kier molecular flexibility index (Phi) is 2.78. The van der Waals surface area contributed by atoms with Gasteiger partial charge in [0.1, 0.15) is 0 Å². The predicted octanol–water partition coefficient (Wildman–Crippen LogP) is 4.18. The number of allylic oxidation sites excluding steroid dienone is 4. The third-order valence-electron chi connectivity index (χ3n) is 2.43. The first-order valence-corrected chi connectivity index (χ1v) is 7.25. The summed E-state index contributed by atoms with van der Waals surface area (Å²) in [7, 11) is 0. The van der Waals surface area contributed by atoms with Crippen LogP contribution in [0.25, 0.3) is 0 Å². The summed E-state index contributed by atoms with van der Waals surface area (Å²) >= 11 is 11.4. The highest BCUT2D eigenvalue weighted by molar-refractivity contribution is 8.09. The van der Waals surface area contributed by atoms with Crippen LogP contribution in [0.1, 0.15) is 13.8 Å². The fraction of sp³-hybridized carbons (Fsp3) is 0.500. The summed E-state index contributed by atoms with van der Waals surface area (Å²) in [5, 5.41) is -0.606. The van der Waals surface area contributed by atoms with Gasteiger partial charge in [-0.3, -0.25) is 4.57 Å². The summed E-state index contributed by atoms with van der Waals surface area (Å²) in [5.74, 6) is -2.99. The van der Waals surface area contributed by atoms with Gasteiger partial charge >= 0.3 is 0 Å². The average Bonchev–Trinajstić information content (AvgIpc) is 1.93. The molecular formula is C8H11Cl2OP. The molecule has 0 bridgehead atoms. The molecule has 2 unspecified atom stereocenters. The van der Waals surface area contributed by atoms with Crippen LogP contribution in [-0.4, -0.2) is 5.16 Å². The molecular weight excluding hydrogens is 214 g/mol. The Bertz CT molecular complexity index is 279. The smallest absolute Gasteiger partial charge is 0.262 e. The molecule has 0 heterocycles. The predicted molar refractivity (Wildman–Crippen MR) is 55.2 cm³/mol. The fourth-order valence-electron chi connectivity index (χ4n) is 1.15. The lowest BCUT2D eigenvalue weighted by molar-refractivity contribution is 0.531. The van der Waals surface area contributed by atoms with Crippen molar-refractivity contribution in [2.24, 2.45) is 5.92 Å². The molecule has 0 radical (unpaired) electrons. The van der Waals surface area contributed by atoms with Gasteiger partial charge in [0.25, 0.3) is 5.85 Å². The molecule has 1 aliphatic carbocycles. The molecule has 0 aromatic heterocycles. The lowest BCUT2D eigenvalue weighted by Gasteiger charge is -2.33. The minimum atomic E-state index is -3.10. The van der Waals surface area contributed by atoms with Crippen molar-refractivity contribution in [3.05, 3.63) is 24.3 Å². The van der Waals surface area contributed by atoms with Crippen LogP contribution in [0.2, 0.25) is 0 Å². The third kappa shape index (κ3) is 1.64. The van der Waals surface area contributed by atoms with E-state index < -0.39 is 11.0 Å². The summed E-state index contributed by atoms with van der Waals surface area (Å²) < 4.78 is 11.5. The highest BCUT2D eigenvalue weighted by atomic mass is 35.9. The van der Waals surface area contributed by atoms with Gasteiger partial charge in [-0.05, 0) is 35.3 Å². The highest BCUT2D eigenvalue weighted by Gasteiger charge is 2.43. The van der Waals surface area contributed by atoms with E-state index in [-0.39, 0.29) is 5.92 Å². The first-order chi connectivity index (χ1) is 5.38. The maximum absolute atomic E-state index is 11.5. The molecule has 0 spiro atoms. The number of halogens is 2. The Hall–Kier alpha value is 0.290. The lowest BCUT2D eigenvalue weighted by atomic mass is 9.91. The number of rotatable bonds is 1. The molecule has 0 fully saturated rings. The van der Waals surface area contributed by atoms with Crippen molar-refractivity contribution < 1.29 is 4.57 Å². The van der Waals surface area contributed by atoms with E-state index in [4.69, 9.17) is 22.5 Å². The van der Waals surface area contributed by atoms with Gasteiger partial charge in [-0.15, -0.1) is 0 Å². The standard InChI is InChI=1S/C8H11Cl2OP/c1-7-5-3-4-6-8(7,2)12(9,10)11/h3-7H,1-2H3. The SMILES string of the molecule is CC1C=CC=CC1(C)P(=O)(Cl)Cl. The molecule has 0 amide bonds. The van der Waals surface area contributed by atoms with Crippen molar-refractivity contribution in [1.82, 2.24) is 0 Å². The van der Waals surface area contributed by atoms with Crippen molar-refractivity contribution >= 4 is 28.3 Å². The summed E-state index contributed by atoms with van der Waals surface area (Å²) in [5.41, 5.74) is 0. The topological polar surface area (TPSA) is 17.1 Å². The van der Waals surface area contributed by atoms with Gasteiger partial charge < -0.3 is 0 Å². The van der Waals surface area contributed by atoms with Gasteiger partial charge in [-0.1, -0.05) is 31.2 Å². The molecule has 0 N–H and O–H groups in total. The third-order valence-corrected chi connectivity index (χ3v) is 6.29. The maximum Gasteiger partial charge on any atom is 0.262 e. The van der Waals surface area contributed by atoms with Crippen molar-refractivity contribution in [2.45, 2.75) is 19.0 Å². The Morgan fingerprint density at radius 2 is 2.00 bits per heavy atom. The molecule has 0 saturated carbocycles. The Morgan fingerprint density at radius 3 is 2.33 bits per heavy atom. The molecule has 68 valence electrons. The average molecular weight is 225 g/mol. The lowest BCUT2D eigenvalue weighted by Crippen LogP contribution is -2.27. The number of hydrogen-bond donors (Lipinski definition) is 0. The van der Waals surface area contributed by atoms with E-state index in [1.807, 2.05) is 38.2 Å². The molecule has 2 atom stereocenters. The Balaban J connectivity index is 3.07. The molecule has 12 heavy (non-hydrogen) atoms. The minimum absolute atomic E-state index is 0.114. The fourth-order valence-corrected chi connectivity index (χ4v) is 3.23. The monoisotopic (exact) mass is 224 g/mol. The molecule has 0 aliphatic heterocycles. The van der Waals surface area contributed by atoms with Crippen LogP contribution < -0.4 is 0 Å². The van der Waals surface area contributed by atoms with Crippen LogP contribution in [-0.2, 0) is 4.57 Å². The van der Waals surface area contributed by atoms with Crippen LogP contribution in [0.3, 0.4) is 0 Å². The van der Waals surface area contributed by atoms with E-state index in [0.717, 1.165) is 0 Å². The Morgan fingerprint density at radius 1 is 1.42 bits per heavy atom. The van der Waals surface area contributed by atoms with Crippen LogP contribution in [0, 0.1) is 5.92 Å². The first kappa shape index (κ1) is 10.4. The van der Waals surface area contributed by atoms with Crippen molar-refractivity contribution in [1.29, 1.82) is 0 Å². The summed E-state index contributed by atoms with van der Waals surface area (Å²) in [6.45, 7) is 3.77. The molecule has 0 aromatic carbocycles. The normalized spacial score (nSPS) is 35.5.